The van der Waals surface area contributed by atoms with Crippen molar-refractivity contribution in [1.82, 2.24) is 19.6 Å². The van der Waals surface area contributed by atoms with Crippen LogP contribution in [-0.4, -0.2) is 103 Å². The first-order chi connectivity index (χ1) is 15.6. The number of carbonyl (C=O) groups is 2. The fourth-order valence-electron chi connectivity index (χ4n) is 5.15. The quantitative estimate of drug-likeness (QED) is 0.615. The number of amides is 2. The Labute approximate surface area is 192 Å². The molecule has 1 aromatic carbocycles. The molecule has 0 N–H and O–H groups in total. The molecule has 0 spiro atoms. The molecule has 0 aliphatic carbocycles. The molecule has 3 aliphatic heterocycles. The molecule has 0 bridgehead atoms. The molecule has 176 valence electrons. The largest absolute Gasteiger partial charge is 0.370 e. The molecule has 3 aliphatic rings. The first-order valence-corrected chi connectivity index (χ1v) is 12.2. The van der Waals surface area contributed by atoms with Crippen LogP contribution >= 0.6 is 0 Å². The summed E-state index contributed by atoms with van der Waals surface area (Å²) in [5.41, 5.74) is 1.16. The van der Waals surface area contributed by atoms with Crippen LogP contribution in [0.15, 0.2) is 30.3 Å². The molecule has 0 radical (unpaired) electrons. The molecule has 1 unspecified atom stereocenters. The molecule has 3 fully saturated rings. The second-order valence-corrected chi connectivity index (χ2v) is 9.56. The number of benzene rings is 1. The van der Waals surface area contributed by atoms with E-state index in [1.165, 1.54) is 0 Å². The maximum absolute atomic E-state index is 13.2. The van der Waals surface area contributed by atoms with Gasteiger partial charge in [0.15, 0.2) is 0 Å². The van der Waals surface area contributed by atoms with Gasteiger partial charge >= 0.3 is 0 Å². The summed E-state index contributed by atoms with van der Waals surface area (Å²) in [6.07, 6.45) is 4.66. The van der Waals surface area contributed by atoms with Crippen LogP contribution < -0.4 is 0 Å². The summed E-state index contributed by atoms with van der Waals surface area (Å²) in [5.74, 6) is 0.451. The molecule has 7 nitrogen and oxygen atoms in total. The Hall–Kier alpha value is -1.96. The number of nitrogens with zero attached hydrogens (tertiary/aromatic N) is 4. The molecule has 1 aromatic rings. The first kappa shape index (κ1) is 23.2. The smallest absolute Gasteiger partial charge is 0.236 e. The summed E-state index contributed by atoms with van der Waals surface area (Å²) < 4.78 is 6.36. The number of likely N-dealkylation sites (tertiary alicyclic amines) is 2. The molecular weight excluding hydrogens is 404 g/mol. The standard InChI is InChI=1S/C25H38N4O3/c1-26-15-10-22(11-16-26)29-18-23(32-20-21-7-3-2-4-8-21)17-28(25(31)19-29)14-6-13-27-12-5-9-24(27)30/h2-4,7-8,22-23H,5-6,9-20H2,1H3. The van der Waals surface area contributed by atoms with Crippen molar-refractivity contribution < 1.29 is 14.3 Å². The third-order valence-electron chi connectivity index (χ3n) is 7.11. The monoisotopic (exact) mass is 442 g/mol. The summed E-state index contributed by atoms with van der Waals surface area (Å²) in [7, 11) is 2.17. The normalized spacial score (nSPS) is 24.3. The lowest BCUT2D eigenvalue weighted by molar-refractivity contribution is -0.132. The Kier molecular flexibility index (Phi) is 8.16. The van der Waals surface area contributed by atoms with Crippen molar-refractivity contribution in [3.05, 3.63) is 35.9 Å². The maximum Gasteiger partial charge on any atom is 0.236 e. The van der Waals surface area contributed by atoms with E-state index >= 15 is 0 Å². The van der Waals surface area contributed by atoms with Crippen LogP contribution in [0.3, 0.4) is 0 Å². The van der Waals surface area contributed by atoms with E-state index in [1.54, 1.807) is 0 Å². The predicted octanol–water partition coefficient (Wildman–Crippen LogP) is 1.82. The van der Waals surface area contributed by atoms with Crippen LogP contribution in [0.1, 0.15) is 37.7 Å². The zero-order chi connectivity index (χ0) is 22.3. The third-order valence-corrected chi connectivity index (χ3v) is 7.11. The summed E-state index contributed by atoms with van der Waals surface area (Å²) in [4.78, 5) is 33.7. The van der Waals surface area contributed by atoms with Crippen LogP contribution in [0.2, 0.25) is 0 Å². The van der Waals surface area contributed by atoms with Crippen molar-refractivity contribution in [2.45, 2.75) is 50.9 Å². The van der Waals surface area contributed by atoms with Crippen molar-refractivity contribution in [1.29, 1.82) is 0 Å². The van der Waals surface area contributed by atoms with E-state index in [0.29, 0.717) is 38.7 Å². The Balaban J connectivity index is 1.37. The number of rotatable bonds is 8. The van der Waals surface area contributed by atoms with Crippen molar-refractivity contribution in [2.75, 3.05) is 59.4 Å². The molecule has 2 amide bonds. The molecule has 0 aromatic heterocycles. The Morgan fingerprint density at radius 3 is 2.41 bits per heavy atom. The summed E-state index contributed by atoms with van der Waals surface area (Å²) in [6, 6.07) is 10.7. The van der Waals surface area contributed by atoms with E-state index in [4.69, 9.17) is 4.74 Å². The second-order valence-electron chi connectivity index (χ2n) is 9.56. The van der Waals surface area contributed by atoms with Gasteiger partial charge in [0.1, 0.15) is 0 Å². The van der Waals surface area contributed by atoms with Crippen molar-refractivity contribution in [2.24, 2.45) is 0 Å². The number of hydrogen-bond acceptors (Lipinski definition) is 5. The fourth-order valence-corrected chi connectivity index (χ4v) is 5.15. The zero-order valence-electron chi connectivity index (χ0n) is 19.5. The minimum atomic E-state index is -0.00488. The van der Waals surface area contributed by atoms with Gasteiger partial charge in [0.25, 0.3) is 0 Å². The van der Waals surface area contributed by atoms with Crippen molar-refractivity contribution in [3.63, 3.8) is 0 Å². The highest BCUT2D eigenvalue weighted by Gasteiger charge is 2.33. The Morgan fingerprint density at radius 1 is 0.938 bits per heavy atom. The highest BCUT2D eigenvalue weighted by atomic mass is 16.5. The first-order valence-electron chi connectivity index (χ1n) is 12.2. The Bertz CT molecular complexity index is 751. The molecular formula is C25H38N4O3. The second kappa shape index (κ2) is 11.3. The van der Waals surface area contributed by atoms with E-state index in [0.717, 1.165) is 64.0 Å². The maximum atomic E-state index is 13.2. The topological polar surface area (TPSA) is 56.3 Å². The average Bonchev–Trinajstić information content (AvgIpc) is 3.14. The molecule has 3 saturated heterocycles. The van der Waals surface area contributed by atoms with Gasteiger partial charge in [0.2, 0.25) is 11.8 Å². The van der Waals surface area contributed by atoms with E-state index in [-0.39, 0.29) is 17.9 Å². The molecule has 1 atom stereocenters. The third kappa shape index (κ3) is 6.30. The average molecular weight is 443 g/mol. The zero-order valence-corrected chi connectivity index (χ0v) is 19.5. The van der Waals surface area contributed by atoms with Crippen LogP contribution in [0.5, 0.6) is 0 Å². The minimum absolute atomic E-state index is 0.00488. The minimum Gasteiger partial charge on any atom is -0.370 e. The van der Waals surface area contributed by atoms with Crippen LogP contribution in [0.4, 0.5) is 0 Å². The van der Waals surface area contributed by atoms with Crippen LogP contribution in [0.25, 0.3) is 0 Å². The van der Waals surface area contributed by atoms with Crippen LogP contribution in [-0.2, 0) is 20.9 Å². The van der Waals surface area contributed by atoms with Crippen LogP contribution in [0, 0.1) is 0 Å². The van der Waals surface area contributed by atoms with Crippen molar-refractivity contribution in [3.8, 4) is 0 Å². The lowest BCUT2D eigenvalue weighted by Crippen LogP contribution is -2.47. The summed E-state index contributed by atoms with van der Waals surface area (Å²) in [6.45, 7) is 6.93. The van der Waals surface area contributed by atoms with E-state index in [2.05, 4.69) is 29.0 Å². The summed E-state index contributed by atoms with van der Waals surface area (Å²) >= 11 is 0. The summed E-state index contributed by atoms with van der Waals surface area (Å²) in [5, 5.41) is 0. The van der Waals surface area contributed by atoms with Gasteiger partial charge in [0.05, 0.1) is 19.3 Å². The van der Waals surface area contributed by atoms with Gasteiger partial charge < -0.3 is 19.4 Å². The molecule has 4 rings (SSSR count). The van der Waals surface area contributed by atoms with Gasteiger partial charge in [-0.05, 0) is 51.4 Å². The number of carbonyl (C=O) groups excluding carboxylic acids is 2. The number of hydrogen-bond donors (Lipinski definition) is 0. The van der Waals surface area contributed by atoms with Crippen molar-refractivity contribution >= 4 is 11.8 Å². The fraction of sp³-hybridized carbons (Fsp3) is 0.680. The highest BCUT2D eigenvalue weighted by Crippen LogP contribution is 2.20. The molecule has 0 saturated carbocycles. The lowest BCUT2D eigenvalue weighted by atomic mass is 10.0. The van der Waals surface area contributed by atoms with E-state index in [1.807, 2.05) is 28.0 Å². The number of piperidine rings is 1. The van der Waals surface area contributed by atoms with Gasteiger partial charge in [-0.3, -0.25) is 14.5 Å². The Morgan fingerprint density at radius 2 is 1.69 bits per heavy atom. The molecule has 3 heterocycles. The molecule has 7 heteroatoms. The molecule has 32 heavy (non-hydrogen) atoms. The van der Waals surface area contributed by atoms with Gasteiger partial charge in [-0.25, -0.2) is 0 Å². The van der Waals surface area contributed by atoms with Gasteiger partial charge in [0, 0.05) is 45.2 Å². The highest BCUT2D eigenvalue weighted by molar-refractivity contribution is 5.79. The predicted molar refractivity (Wildman–Crippen MR) is 124 cm³/mol. The van der Waals surface area contributed by atoms with E-state index in [9.17, 15) is 9.59 Å². The lowest BCUT2D eigenvalue weighted by Gasteiger charge is -2.37. The van der Waals surface area contributed by atoms with E-state index < -0.39 is 0 Å². The van der Waals surface area contributed by atoms with Gasteiger partial charge in [-0.1, -0.05) is 30.3 Å². The van der Waals surface area contributed by atoms with Gasteiger partial charge in [-0.2, -0.15) is 0 Å². The van der Waals surface area contributed by atoms with Gasteiger partial charge in [-0.15, -0.1) is 0 Å². The number of ether oxygens (including phenoxy) is 1. The SMILES string of the molecule is CN1CCC(N2CC(=O)N(CCCN3CCCC3=O)CC(OCc3ccccc3)C2)CC1.